The van der Waals surface area contributed by atoms with E-state index in [-0.39, 0.29) is 5.97 Å². The molecule has 0 bridgehead atoms. The Morgan fingerprint density at radius 3 is 3.00 bits per heavy atom. The van der Waals surface area contributed by atoms with Crippen molar-refractivity contribution >= 4 is 17.3 Å². The summed E-state index contributed by atoms with van der Waals surface area (Å²) in [5, 5.41) is 6.22. The molecule has 0 spiro atoms. The highest BCUT2D eigenvalue weighted by Gasteiger charge is 2.11. The average molecular weight is 308 g/mol. The second-order valence-electron chi connectivity index (χ2n) is 5.21. The highest BCUT2D eigenvalue weighted by atomic mass is 32.1. The topological polar surface area (TPSA) is 51.2 Å². The number of aromatic nitrogens is 1. The molecule has 2 rings (SSSR count). The molecule has 1 aliphatic carbocycles. The van der Waals surface area contributed by atoms with E-state index in [0.717, 1.165) is 30.9 Å². The maximum Gasteiger partial charge on any atom is 0.357 e. The highest BCUT2D eigenvalue weighted by molar-refractivity contribution is 7.09. The predicted molar refractivity (Wildman–Crippen MR) is 85.8 cm³/mol. The Balaban J connectivity index is 1.62. The number of carbonyl (C=O) groups is 1. The normalized spacial score (nSPS) is 14.8. The molecule has 0 aliphatic heterocycles. The van der Waals surface area contributed by atoms with Gasteiger partial charge in [-0.1, -0.05) is 11.6 Å². The van der Waals surface area contributed by atoms with Crippen molar-refractivity contribution in [3.8, 4) is 0 Å². The molecule has 0 amide bonds. The summed E-state index contributed by atoms with van der Waals surface area (Å²) in [6.07, 6.45) is 9.65. The lowest BCUT2D eigenvalue weighted by Crippen LogP contribution is -2.19. The maximum absolute atomic E-state index is 11.5. The summed E-state index contributed by atoms with van der Waals surface area (Å²) in [6, 6.07) is 0. The Kier molecular flexibility index (Phi) is 6.89. The summed E-state index contributed by atoms with van der Waals surface area (Å²) >= 11 is 1.53. The maximum atomic E-state index is 11.5. The number of hydrogen-bond donors (Lipinski definition) is 1. The predicted octanol–water partition coefficient (Wildman–Crippen LogP) is 3.34. The number of carbonyl (C=O) groups excluding carboxylic acids is 1. The number of hydrogen-bond acceptors (Lipinski definition) is 5. The van der Waals surface area contributed by atoms with Crippen LogP contribution in [0.3, 0.4) is 0 Å². The van der Waals surface area contributed by atoms with Gasteiger partial charge in [-0.05, 0) is 45.6 Å². The van der Waals surface area contributed by atoms with Crippen molar-refractivity contribution in [2.75, 3.05) is 19.7 Å². The van der Waals surface area contributed by atoms with E-state index in [2.05, 4.69) is 16.4 Å². The molecule has 4 nitrogen and oxygen atoms in total. The summed E-state index contributed by atoms with van der Waals surface area (Å²) < 4.78 is 4.93. The monoisotopic (exact) mass is 308 g/mol. The van der Waals surface area contributed by atoms with Gasteiger partial charge in [-0.25, -0.2) is 9.78 Å². The molecule has 0 radical (unpaired) electrons. The summed E-state index contributed by atoms with van der Waals surface area (Å²) in [7, 11) is 0. The fourth-order valence-corrected chi connectivity index (χ4v) is 3.19. The van der Waals surface area contributed by atoms with Crippen LogP contribution >= 0.6 is 11.3 Å². The van der Waals surface area contributed by atoms with Gasteiger partial charge in [-0.15, -0.1) is 11.3 Å². The molecule has 116 valence electrons. The first kappa shape index (κ1) is 16.2. The second kappa shape index (κ2) is 8.95. The largest absolute Gasteiger partial charge is 0.461 e. The first-order valence-electron chi connectivity index (χ1n) is 7.79. The number of rotatable bonds is 8. The van der Waals surface area contributed by atoms with E-state index in [1.807, 2.05) is 0 Å². The van der Waals surface area contributed by atoms with Crippen LogP contribution in [0.25, 0.3) is 0 Å². The Hall–Kier alpha value is -1.20. The van der Waals surface area contributed by atoms with Crippen LogP contribution in [0.4, 0.5) is 0 Å². The van der Waals surface area contributed by atoms with Gasteiger partial charge in [0.1, 0.15) is 0 Å². The number of ether oxygens (including phenoxy) is 1. The van der Waals surface area contributed by atoms with E-state index >= 15 is 0 Å². The minimum atomic E-state index is -0.322. The first-order valence-corrected chi connectivity index (χ1v) is 8.67. The second-order valence-corrected chi connectivity index (χ2v) is 6.15. The number of nitrogens with zero attached hydrogens (tertiary/aromatic N) is 1. The summed E-state index contributed by atoms with van der Waals surface area (Å²) in [6.45, 7) is 4.13. The van der Waals surface area contributed by atoms with Gasteiger partial charge in [-0.2, -0.15) is 0 Å². The van der Waals surface area contributed by atoms with Gasteiger partial charge >= 0.3 is 5.97 Å². The fourth-order valence-electron chi connectivity index (χ4n) is 2.43. The number of nitrogens with one attached hydrogen (secondary N) is 1. The van der Waals surface area contributed by atoms with Crippen molar-refractivity contribution in [2.24, 2.45) is 0 Å². The number of allylic oxidation sites excluding steroid dienone is 1. The summed E-state index contributed by atoms with van der Waals surface area (Å²) in [5.74, 6) is -0.322. The molecule has 0 saturated heterocycles. The quantitative estimate of drug-likeness (QED) is 0.454. The van der Waals surface area contributed by atoms with Crippen molar-refractivity contribution in [3.63, 3.8) is 0 Å². The molecular weight excluding hydrogens is 284 g/mol. The zero-order valence-electron chi connectivity index (χ0n) is 12.7. The van der Waals surface area contributed by atoms with Crippen LogP contribution in [0.5, 0.6) is 0 Å². The Bertz CT molecular complexity index is 482. The molecule has 21 heavy (non-hydrogen) atoms. The van der Waals surface area contributed by atoms with E-state index in [1.165, 1.54) is 37.0 Å². The molecule has 1 heterocycles. The molecule has 1 aromatic rings. The number of esters is 1. The van der Waals surface area contributed by atoms with E-state index in [1.54, 1.807) is 17.9 Å². The third kappa shape index (κ3) is 5.59. The SMILES string of the molecule is CCOC(=O)c1csc(CCNCCC2=CCCCC2)n1. The van der Waals surface area contributed by atoms with E-state index < -0.39 is 0 Å². The zero-order chi connectivity index (χ0) is 14.9. The molecule has 0 saturated carbocycles. The Morgan fingerprint density at radius 1 is 1.38 bits per heavy atom. The van der Waals surface area contributed by atoms with Crippen LogP contribution in [-0.2, 0) is 11.2 Å². The van der Waals surface area contributed by atoms with Gasteiger partial charge in [0, 0.05) is 18.3 Å². The smallest absolute Gasteiger partial charge is 0.357 e. The first-order chi connectivity index (χ1) is 10.3. The molecule has 0 atom stereocenters. The lowest BCUT2D eigenvalue weighted by atomic mass is 9.97. The van der Waals surface area contributed by atoms with Crippen LogP contribution in [0.2, 0.25) is 0 Å². The van der Waals surface area contributed by atoms with Crippen molar-refractivity contribution < 1.29 is 9.53 Å². The molecule has 0 unspecified atom stereocenters. The van der Waals surface area contributed by atoms with Crippen molar-refractivity contribution in [1.29, 1.82) is 0 Å². The van der Waals surface area contributed by atoms with E-state index in [4.69, 9.17) is 4.74 Å². The van der Waals surface area contributed by atoms with Gasteiger partial charge < -0.3 is 10.1 Å². The summed E-state index contributed by atoms with van der Waals surface area (Å²) in [4.78, 5) is 15.8. The van der Waals surface area contributed by atoms with Gasteiger partial charge in [-0.3, -0.25) is 0 Å². The van der Waals surface area contributed by atoms with Crippen molar-refractivity contribution in [1.82, 2.24) is 10.3 Å². The van der Waals surface area contributed by atoms with Gasteiger partial charge in [0.25, 0.3) is 0 Å². The molecule has 1 aliphatic rings. The third-order valence-corrected chi connectivity index (χ3v) is 4.47. The van der Waals surface area contributed by atoms with Crippen LogP contribution in [0, 0.1) is 0 Å². The molecule has 1 N–H and O–H groups in total. The molecule has 0 aromatic carbocycles. The van der Waals surface area contributed by atoms with Gasteiger partial charge in [0.2, 0.25) is 0 Å². The lowest BCUT2D eigenvalue weighted by molar-refractivity contribution is 0.0520. The van der Waals surface area contributed by atoms with Crippen LogP contribution in [0.15, 0.2) is 17.0 Å². The summed E-state index contributed by atoms with van der Waals surface area (Å²) in [5.41, 5.74) is 2.04. The Morgan fingerprint density at radius 2 is 2.24 bits per heavy atom. The van der Waals surface area contributed by atoms with E-state index in [9.17, 15) is 4.79 Å². The molecule has 5 heteroatoms. The number of thiazole rings is 1. The Labute approximate surface area is 130 Å². The standard InChI is InChI=1S/C16H24N2O2S/c1-2-20-16(19)14-12-21-15(18-14)9-11-17-10-8-13-6-4-3-5-7-13/h6,12,17H,2-5,7-11H2,1H3. The minimum Gasteiger partial charge on any atom is -0.461 e. The van der Waals surface area contributed by atoms with E-state index in [0.29, 0.717) is 12.3 Å². The average Bonchev–Trinajstić information content (AvgIpc) is 2.97. The lowest BCUT2D eigenvalue weighted by Gasteiger charge is -2.12. The molecule has 0 fully saturated rings. The minimum absolute atomic E-state index is 0.322. The van der Waals surface area contributed by atoms with Crippen LogP contribution < -0.4 is 5.32 Å². The highest BCUT2D eigenvalue weighted by Crippen LogP contribution is 2.19. The fraction of sp³-hybridized carbons (Fsp3) is 0.625. The van der Waals surface area contributed by atoms with Crippen molar-refractivity contribution in [2.45, 2.75) is 45.4 Å². The van der Waals surface area contributed by atoms with Gasteiger partial charge in [0.15, 0.2) is 5.69 Å². The van der Waals surface area contributed by atoms with Crippen LogP contribution in [0.1, 0.15) is 54.5 Å². The van der Waals surface area contributed by atoms with Crippen LogP contribution in [-0.4, -0.2) is 30.6 Å². The zero-order valence-corrected chi connectivity index (χ0v) is 13.5. The molecule has 1 aromatic heterocycles. The van der Waals surface area contributed by atoms with Gasteiger partial charge in [0.05, 0.1) is 11.6 Å². The van der Waals surface area contributed by atoms with Crippen molar-refractivity contribution in [3.05, 3.63) is 27.7 Å². The third-order valence-electron chi connectivity index (χ3n) is 3.56. The molecular formula is C16H24N2O2S.